The van der Waals surface area contributed by atoms with E-state index in [4.69, 9.17) is 0 Å². The Kier molecular flexibility index (Phi) is 6.37. The fourth-order valence-corrected chi connectivity index (χ4v) is 7.97. The summed E-state index contributed by atoms with van der Waals surface area (Å²) in [7, 11) is 0. The molecule has 0 saturated heterocycles. The van der Waals surface area contributed by atoms with Gasteiger partial charge >= 0.3 is 0 Å². The summed E-state index contributed by atoms with van der Waals surface area (Å²) in [4.78, 5) is 2.22. The maximum Gasteiger partial charge on any atom is 0.194 e. The molecule has 0 amide bonds. The zero-order valence-corrected chi connectivity index (χ0v) is 26.9. The lowest BCUT2D eigenvalue weighted by Gasteiger charge is -2.30. The minimum atomic E-state index is -1.50. The SMILES string of the molecule is Fc1ccc2cc(N(c3cc4ccc5cccc6ccc(c3)c4c56)c3c4ccccc4c(-c4cc(F)c(F)c(F)c4)c4ccccc34)ccc2c1. The maximum absolute atomic E-state index is 14.8. The summed E-state index contributed by atoms with van der Waals surface area (Å²) in [5.74, 6) is -4.29. The maximum atomic E-state index is 14.8. The van der Waals surface area contributed by atoms with E-state index in [1.807, 2.05) is 60.7 Å². The van der Waals surface area contributed by atoms with Gasteiger partial charge in [0.2, 0.25) is 0 Å². The Morgan fingerprint density at radius 2 is 0.863 bits per heavy atom. The molecule has 1 nitrogen and oxygen atoms in total. The Balaban J connectivity index is 1.34. The summed E-state index contributed by atoms with van der Waals surface area (Å²) >= 11 is 0. The van der Waals surface area contributed by atoms with Gasteiger partial charge in [0.05, 0.1) is 5.69 Å². The van der Waals surface area contributed by atoms with Crippen LogP contribution in [0, 0.1) is 23.3 Å². The van der Waals surface area contributed by atoms with Crippen LogP contribution < -0.4 is 4.90 Å². The fraction of sp³-hybridized carbons (Fsp3) is 0. The third-order valence-corrected chi connectivity index (χ3v) is 10.1. The number of rotatable bonds is 4. The number of anilines is 3. The molecule has 0 unspecified atom stereocenters. The van der Waals surface area contributed by atoms with Crippen LogP contribution >= 0.6 is 0 Å². The molecule has 0 atom stereocenters. The molecule has 0 spiro atoms. The normalized spacial score (nSPS) is 11.9. The molecule has 0 aromatic heterocycles. The highest BCUT2D eigenvalue weighted by atomic mass is 19.2. The van der Waals surface area contributed by atoms with Crippen LogP contribution in [-0.2, 0) is 0 Å². The van der Waals surface area contributed by atoms with E-state index < -0.39 is 17.5 Å². The third-order valence-electron chi connectivity index (χ3n) is 10.1. The van der Waals surface area contributed by atoms with Crippen molar-refractivity contribution in [3.8, 4) is 11.1 Å². The molecule has 0 saturated carbocycles. The second-order valence-electron chi connectivity index (χ2n) is 13.1. The summed E-state index contributed by atoms with van der Waals surface area (Å²) in [5, 5.41) is 11.8. The zero-order chi connectivity index (χ0) is 34.4. The lowest BCUT2D eigenvalue weighted by molar-refractivity contribution is 0.448. The van der Waals surface area contributed by atoms with E-state index in [1.165, 1.54) is 33.7 Å². The van der Waals surface area contributed by atoms with Crippen LogP contribution in [0.3, 0.4) is 0 Å². The highest BCUT2D eigenvalue weighted by molar-refractivity contribution is 6.25. The summed E-state index contributed by atoms with van der Waals surface area (Å²) in [5.41, 5.74) is 3.47. The van der Waals surface area contributed by atoms with Gasteiger partial charge in [-0.2, -0.15) is 0 Å². The topological polar surface area (TPSA) is 3.24 Å². The van der Waals surface area contributed by atoms with Crippen LogP contribution in [0.4, 0.5) is 34.6 Å². The van der Waals surface area contributed by atoms with Crippen LogP contribution in [-0.4, -0.2) is 0 Å². The molecule has 0 radical (unpaired) electrons. The largest absolute Gasteiger partial charge is 0.309 e. The number of hydrogen-bond donors (Lipinski definition) is 0. The molecular formula is C46H25F4N. The van der Waals surface area contributed by atoms with Crippen LogP contribution in [0.25, 0.3) is 75.8 Å². The van der Waals surface area contributed by atoms with Crippen molar-refractivity contribution in [1.29, 1.82) is 0 Å². The van der Waals surface area contributed by atoms with Crippen LogP contribution in [0.1, 0.15) is 0 Å². The first-order valence-electron chi connectivity index (χ1n) is 16.7. The Hall–Kier alpha value is -6.46. The first kappa shape index (κ1) is 29.5. The van der Waals surface area contributed by atoms with Gasteiger partial charge < -0.3 is 4.90 Å². The Morgan fingerprint density at radius 1 is 0.373 bits per heavy atom. The third kappa shape index (κ3) is 4.48. The van der Waals surface area contributed by atoms with Gasteiger partial charge in [-0.1, -0.05) is 103 Å². The van der Waals surface area contributed by atoms with E-state index in [1.54, 1.807) is 6.07 Å². The Bertz CT molecular complexity index is 2900. The molecule has 0 heterocycles. The minimum Gasteiger partial charge on any atom is -0.309 e. The molecule has 10 aromatic carbocycles. The van der Waals surface area contributed by atoms with E-state index in [2.05, 4.69) is 65.6 Å². The first-order chi connectivity index (χ1) is 24.9. The average Bonchev–Trinajstić information content (AvgIpc) is 3.15. The molecule has 242 valence electrons. The van der Waals surface area contributed by atoms with Crippen molar-refractivity contribution in [3.05, 3.63) is 175 Å². The van der Waals surface area contributed by atoms with Crippen molar-refractivity contribution in [2.75, 3.05) is 4.90 Å². The van der Waals surface area contributed by atoms with Gasteiger partial charge in [-0.15, -0.1) is 0 Å². The molecule has 0 bridgehead atoms. The predicted molar refractivity (Wildman–Crippen MR) is 203 cm³/mol. The second-order valence-corrected chi connectivity index (χ2v) is 13.1. The molecule has 0 fully saturated rings. The fourth-order valence-electron chi connectivity index (χ4n) is 7.97. The summed E-state index contributed by atoms with van der Waals surface area (Å²) in [6, 6.07) is 47.8. The van der Waals surface area contributed by atoms with Gasteiger partial charge in [0.1, 0.15) is 5.82 Å². The second kappa shape index (κ2) is 11.0. The highest BCUT2D eigenvalue weighted by Crippen LogP contribution is 2.50. The monoisotopic (exact) mass is 667 g/mol. The van der Waals surface area contributed by atoms with Crippen molar-refractivity contribution in [1.82, 2.24) is 0 Å². The van der Waals surface area contributed by atoms with E-state index in [-0.39, 0.29) is 11.4 Å². The van der Waals surface area contributed by atoms with Gasteiger partial charge in [-0.25, -0.2) is 17.6 Å². The Labute approximate surface area is 289 Å². The van der Waals surface area contributed by atoms with Crippen molar-refractivity contribution < 1.29 is 17.6 Å². The van der Waals surface area contributed by atoms with E-state index in [0.29, 0.717) is 5.56 Å². The van der Waals surface area contributed by atoms with Crippen LogP contribution in [0.5, 0.6) is 0 Å². The van der Waals surface area contributed by atoms with Crippen LogP contribution in [0.15, 0.2) is 152 Å². The quantitative estimate of drug-likeness (QED) is 0.0781. The van der Waals surface area contributed by atoms with Crippen LogP contribution in [0.2, 0.25) is 0 Å². The predicted octanol–water partition coefficient (Wildman–Crippen LogP) is 13.7. The average molecular weight is 668 g/mol. The van der Waals surface area contributed by atoms with E-state index >= 15 is 0 Å². The molecule has 0 aliphatic rings. The lowest BCUT2D eigenvalue weighted by Crippen LogP contribution is -2.12. The van der Waals surface area contributed by atoms with Gasteiger partial charge in [-0.3, -0.25) is 0 Å². The summed E-state index contributed by atoms with van der Waals surface area (Å²) in [6.45, 7) is 0. The molecule has 10 aromatic rings. The molecule has 0 aliphatic heterocycles. The highest BCUT2D eigenvalue weighted by Gasteiger charge is 2.24. The molecular weight excluding hydrogens is 643 g/mol. The molecule has 51 heavy (non-hydrogen) atoms. The number of fused-ring (bicyclic) bond motifs is 3. The standard InChI is InChI=1S/C46H25F4N/c47-33-18-16-29-21-34(19-17-28(29)20-33)51(35-22-30-14-12-26-6-5-7-27-13-15-31(23-35)43(30)42(26)27)46-38-10-3-1-8-36(38)44(37-9-2-4-11-39(37)46)32-24-40(48)45(50)41(49)25-32/h1-25H. The molecule has 5 heteroatoms. The van der Waals surface area contributed by atoms with Crippen molar-refractivity contribution in [2.24, 2.45) is 0 Å². The van der Waals surface area contributed by atoms with Gasteiger partial charge in [0, 0.05) is 22.1 Å². The lowest BCUT2D eigenvalue weighted by atomic mass is 9.89. The number of nitrogens with zero attached hydrogens (tertiary/aromatic N) is 1. The van der Waals surface area contributed by atoms with Gasteiger partial charge in [-0.05, 0) is 114 Å². The van der Waals surface area contributed by atoms with Crippen molar-refractivity contribution in [2.45, 2.75) is 0 Å². The molecule has 0 aliphatic carbocycles. The minimum absolute atomic E-state index is 0.243. The van der Waals surface area contributed by atoms with Gasteiger partial charge in [0.25, 0.3) is 0 Å². The first-order valence-corrected chi connectivity index (χ1v) is 16.7. The summed E-state index contributed by atoms with van der Waals surface area (Å²) < 4.78 is 58.1. The van der Waals surface area contributed by atoms with Crippen molar-refractivity contribution in [3.63, 3.8) is 0 Å². The Morgan fingerprint density at radius 3 is 1.49 bits per heavy atom. The summed E-state index contributed by atoms with van der Waals surface area (Å²) in [6.07, 6.45) is 0. The number of benzene rings is 10. The van der Waals surface area contributed by atoms with E-state index in [0.717, 1.165) is 72.3 Å². The smallest absolute Gasteiger partial charge is 0.194 e. The van der Waals surface area contributed by atoms with Crippen molar-refractivity contribution >= 4 is 81.7 Å². The van der Waals surface area contributed by atoms with Gasteiger partial charge in [0.15, 0.2) is 17.5 Å². The number of hydrogen-bond acceptors (Lipinski definition) is 1. The number of halogens is 4. The zero-order valence-electron chi connectivity index (χ0n) is 26.9. The van der Waals surface area contributed by atoms with E-state index in [9.17, 15) is 17.6 Å². The molecule has 0 N–H and O–H groups in total. The molecule has 10 rings (SSSR count).